The highest BCUT2D eigenvalue weighted by Crippen LogP contribution is 2.52. The van der Waals surface area contributed by atoms with Crippen molar-refractivity contribution in [3.8, 4) is 16.8 Å². The van der Waals surface area contributed by atoms with Crippen LogP contribution in [0.5, 0.6) is 0 Å². The summed E-state index contributed by atoms with van der Waals surface area (Å²) in [4.78, 5) is 2.47. The van der Waals surface area contributed by atoms with Gasteiger partial charge in [-0.25, -0.2) is 0 Å². The molecule has 2 nitrogen and oxygen atoms in total. The molecule has 0 spiro atoms. The van der Waals surface area contributed by atoms with Crippen LogP contribution in [-0.4, -0.2) is 4.57 Å². The molecule has 0 unspecified atom stereocenters. The lowest BCUT2D eigenvalue weighted by atomic mass is 9.86. The summed E-state index contributed by atoms with van der Waals surface area (Å²) in [6.07, 6.45) is 9.19. The summed E-state index contributed by atoms with van der Waals surface area (Å²) in [6.45, 7) is 0. The minimum Gasteiger partial charge on any atom is -0.310 e. The van der Waals surface area contributed by atoms with E-state index < -0.39 is 0 Å². The highest BCUT2D eigenvalue weighted by Gasteiger charge is 2.29. The van der Waals surface area contributed by atoms with E-state index in [4.69, 9.17) is 0 Å². The molecule has 10 aromatic carbocycles. The van der Waals surface area contributed by atoms with Gasteiger partial charge in [0.1, 0.15) is 0 Å². The smallest absolute Gasteiger partial charge is 0.0542 e. The van der Waals surface area contributed by atoms with Crippen molar-refractivity contribution >= 4 is 82.3 Å². The van der Waals surface area contributed by atoms with E-state index in [1.165, 1.54) is 104 Å². The van der Waals surface area contributed by atoms with Crippen molar-refractivity contribution in [3.05, 3.63) is 253 Å². The van der Waals surface area contributed by atoms with E-state index in [0.29, 0.717) is 0 Å². The summed E-state index contributed by atoms with van der Waals surface area (Å²) in [5.74, 6) is 0. The number of aromatic nitrogens is 1. The summed E-state index contributed by atoms with van der Waals surface area (Å²) >= 11 is 0. The number of rotatable bonds is 6. The van der Waals surface area contributed by atoms with Gasteiger partial charge < -0.3 is 9.47 Å². The Kier molecular flexibility index (Phi) is 8.39. The zero-order valence-corrected chi connectivity index (χ0v) is 35.2. The van der Waals surface area contributed by atoms with Crippen molar-refractivity contribution in [1.82, 2.24) is 4.57 Å². The van der Waals surface area contributed by atoms with Crippen molar-refractivity contribution in [2.24, 2.45) is 0 Å². The molecule has 1 heterocycles. The highest BCUT2D eigenvalue weighted by atomic mass is 15.1. The first-order valence-corrected chi connectivity index (χ1v) is 22.4. The topological polar surface area (TPSA) is 8.17 Å². The van der Waals surface area contributed by atoms with E-state index in [9.17, 15) is 0 Å². The number of hydrogen-bond acceptors (Lipinski definition) is 1. The summed E-state index contributed by atoms with van der Waals surface area (Å²) < 4.78 is 2.45. The number of anilines is 3. The quantitative estimate of drug-likeness (QED) is 0.152. The molecule has 0 amide bonds. The van der Waals surface area contributed by atoms with Gasteiger partial charge >= 0.3 is 0 Å². The lowest BCUT2D eigenvalue weighted by Crippen LogP contribution is -2.10. The van der Waals surface area contributed by atoms with E-state index >= 15 is 0 Å². The Labute approximate surface area is 372 Å². The maximum absolute atomic E-state index is 2.47. The molecule has 0 saturated heterocycles. The van der Waals surface area contributed by atoms with Crippen molar-refractivity contribution in [2.75, 3.05) is 4.90 Å². The van der Waals surface area contributed by atoms with E-state index in [0.717, 1.165) is 29.9 Å². The maximum atomic E-state index is 2.47. The van der Waals surface area contributed by atoms with Crippen LogP contribution < -0.4 is 4.90 Å². The molecule has 2 aliphatic carbocycles. The molecule has 0 fully saturated rings. The van der Waals surface area contributed by atoms with Crippen molar-refractivity contribution in [2.45, 2.75) is 12.8 Å². The lowest BCUT2D eigenvalue weighted by Gasteiger charge is -2.27. The summed E-state index contributed by atoms with van der Waals surface area (Å²) in [5.41, 5.74) is 17.1. The first kappa shape index (κ1) is 36.5. The van der Waals surface area contributed by atoms with Gasteiger partial charge in [-0.05, 0) is 139 Å². The van der Waals surface area contributed by atoms with Crippen molar-refractivity contribution < 1.29 is 0 Å². The van der Waals surface area contributed by atoms with Crippen LogP contribution in [0.3, 0.4) is 0 Å². The molecule has 0 radical (unpaired) electrons. The second-order valence-corrected chi connectivity index (χ2v) is 17.1. The van der Waals surface area contributed by atoms with Gasteiger partial charge in [0, 0.05) is 33.2 Å². The number of nitrogens with zero attached hydrogens (tertiary/aromatic N) is 2. The standard InChI is InChI=1S/C62H42N2/c1-3-18-43(19-4-1)61(44-20-5-2-6-21-44)62-55-27-12-11-25-52(55)53-36-33-47(40-57(53)62)63(46-32-35-50-45(38-46)31-30-42-17-7-9-23-49(42)50)48-34-37-60-56(39-48)54-26-13-14-28-59(54)64(60)58-29-15-22-41-16-8-10-24-51(41)58/h1,3-5,7-40H,2,6H2/b62-61+. The first-order valence-electron chi connectivity index (χ1n) is 22.4. The molecule has 11 aromatic rings. The molecule has 300 valence electrons. The molecule has 1 aromatic heterocycles. The normalized spacial score (nSPS) is 14.0. The summed E-state index contributed by atoms with van der Waals surface area (Å²) in [5, 5.41) is 9.91. The molecule has 13 rings (SSSR count). The molecule has 2 heteroatoms. The zero-order chi connectivity index (χ0) is 42.1. The summed E-state index contributed by atoms with van der Waals surface area (Å²) in [7, 11) is 0. The number of fused-ring (bicyclic) bond motifs is 10. The van der Waals surface area contributed by atoms with Crippen LogP contribution in [0.4, 0.5) is 17.1 Å². The van der Waals surface area contributed by atoms with E-state index in [-0.39, 0.29) is 0 Å². The molecule has 0 N–H and O–H groups in total. The van der Waals surface area contributed by atoms with E-state index in [1.807, 2.05) is 0 Å². The molecule has 0 aliphatic heterocycles. The van der Waals surface area contributed by atoms with Gasteiger partial charge in [0.25, 0.3) is 0 Å². The third-order valence-electron chi connectivity index (χ3n) is 13.5. The number of para-hydroxylation sites is 1. The Morgan fingerprint density at radius 3 is 1.88 bits per heavy atom. The van der Waals surface area contributed by atoms with Gasteiger partial charge in [0.05, 0.1) is 16.7 Å². The fourth-order valence-electron chi connectivity index (χ4n) is 10.7. The predicted molar refractivity (Wildman–Crippen MR) is 272 cm³/mol. The van der Waals surface area contributed by atoms with Gasteiger partial charge in [0.15, 0.2) is 0 Å². The number of allylic oxidation sites excluding steroid dienone is 5. The van der Waals surface area contributed by atoms with Crippen LogP contribution in [-0.2, 0) is 0 Å². The van der Waals surface area contributed by atoms with Crippen molar-refractivity contribution in [1.29, 1.82) is 0 Å². The van der Waals surface area contributed by atoms with E-state index in [1.54, 1.807) is 0 Å². The van der Waals surface area contributed by atoms with Crippen molar-refractivity contribution in [3.63, 3.8) is 0 Å². The fraction of sp³-hybridized carbons (Fsp3) is 0.0323. The number of hydrogen-bond donors (Lipinski definition) is 0. The Balaban J connectivity index is 1.07. The first-order chi connectivity index (χ1) is 31.8. The Hall–Kier alpha value is -8.20. The summed E-state index contributed by atoms with van der Waals surface area (Å²) in [6, 6.07) is 78.6. The maximum Gasteiger partial charge on any atom is 0.0542 e. The average molecular weight is 815 g/mol. The lowest BCUT2D eigenvalue weighted by molar-refractivity contribution is 1.03. The van der Waals surface area contributed by atoms with Crippen LogP contribution in [0, 0.1) is 0 Å². The fourth-order valence-corrected chi connectivity index (χ4v) is 10.7. The molecular formula is C62H42N2. The Morgan fingerprint density at radius 2 is 1.02 bits per heavy atom. The number of benzene rings is 10. The SMILES string of the molecule is C1=CC(/C(=C2\c3ccccc3-c3ccc(N(c4ccc5c(ccc6ccccc65)c4)c4ccc5c(c4)c4ccccc4n5-c4cccc5ccccc45)cc32)c2ccccc2)=CCC1. The third kappa shape index (κ3) is 5.73. The molecule has 2 aliphatic rings. The largest absolute Gasteiger partial charge is 0.310 e. The predicted octanol–water partition coefficient (Wildman–Crippen LogP) is 16.9. The van der Waals surface area contributed by atoms with E-state index in [2.05, 4.69) is 240 Å². The second-order valence-electron chi connectivity index (χ2n) is 17.1. The Bertz CT molecular complexity index is 3780. The highest BCUT2D eigenvalue weighted by molar-refractivity contribution is 6.16. The van der Waals surface area contributed by atoms with Crippen LogP contribution in [0.1, 0.15) is 29.5 Å². The molecular weight excluding hydrogens is 773 g/mol. The van der Waals surface area contributed by atoms with Crippen LogP contribution in [0.2, 0.25) is 0 Å². The minimum atomic E-state index is 1.04. The van der Waals surface area contributed by atoms with Crippen LogP contribution >= 0.6 is 0 Å². The van der Waals surface area contributed by atoms with Gasteiger partial charge in [-0.3, -0.25) is 0 Å². The van der Waals surface area contributed by atoms with Crippen LogP contribution in [0.25, 0.3) is 82.1 Å². The van der Waals surface area contributed by atoms with Gasteiger partial charge in [-0.2, -0.15) is 0 Å². The molecule has 0 bridgehead atoms. The monoisotopic (exact) mass is 814 g/mol. The molecule has 64 heavy (non-hydrogen) atoms. The van der Waals surface area contributed by atoms with Crippen LogP contribution in [0.15, 0.2) is 236 Å². The molecule has 0 saturated carbocycles. The zero-order valence-electron chi connectivity index (χ0n) is 35.2. The minimum absolute atomic E-state index is 1.04. The van der Waals surface area contributed by atoms with Gasteiger partial charge in [-0.1, -0.05) is 176 Å². The average Bonchev–Trinajstić information content (AvgIpc) is 3.86. The molecule has 0 atom stereocenters. The van der Waals surface area contributed by atoms with Gasteiger partial charge in [0.2, 0.25) is 0 Å². The van der Waals surface area contributed by atoms with Gasteiger partial charge in [-0.15, -0.1) is 0 Å². The second kappa shape index (κ2) is 14.7. The Morgan fingerprint density at radius 1 is 0.391 bits per heavy atom. The third-order valence-corrected chi connectivity index (χ3v) is 13.5.